The third-order valence-electron chi connectivity index (χ3n) is 4.01. The lowest BCUT2D eigenvalue weighted by atomic mass is 10.1. The zero-order chi connectivity index (χ0) is 17.5. The van der Waals surface area contributed by atoms with Gasteiger partial charge in [0, 0.05) is 12.4 Å². The van der Waals surface area contributed by atoms with Gasteiger partial charge in [-0.1, -0.05) is 24.3 Å². The Labute approximate surface area is 147 Å². The molecule has 0 saturated heterocycles. The van der Waals surface area contributed by atoms with E-state index in [0.29, 0.717) is 13.2 Å². The van der Waals surface area contributed by atoms with E-state index in [0.717, 1.165) is 22.6 Å². The minimum atomic E-state index is -0.0914. The third-order valence-corrected chi connectivity index (χ3v) is 4.01. The van der Waals surface area contributed by atoms with Crippen LogP contribution in [0.15, 0.2) is 67.3 Å². The first kappa shape index (κ1) is 17.0. The fraction of sp³-hybridized carbons (Fsp3) is 0.250. The Morgan fingerprint density at radius 1 is 1.00 bits per heavy atom. The first-order valence-electron chi connectivity index (χ1n) is 8.12. The molecule has 0 saturated carbocycles. The van der Waals surface area contributed by atoms with Gasteiger partial charge in [-0.15, -0.1) is 0 Å². The van der Waals surface area contributed by atoms with Crippen molar-refractivity contribution in [1.29, 1.82) is 0 Å². The molecule has 25 heavy (non-hydrogen) atoms. The van der Waals surface area contributed by atoms with E-state index in [9.17, 15) is 0 Å². The van der Waals surface area contributed by atoms with Crippen molar-refractivity contribution in [3.8, 4) is 11.5 Å². The van der Waals surface area contributed by atoms with Crippen molar-refractivity contribution < 1.29 is 14.2 Å². The summed E-state index contributed by atoms with van der Waals surface area (Å²) < 4.78 is 18.7. The number of benzene rings is 2. The second-order valence-corrected chi connectivity index (χ2v) is 5.68. The lowest BCUT2D eigenvalue weighted by Gasteiger charge is -2.19. The number of methoxy groups -OCH3 is 2. The Kier molecular flexibility index (Phi) is 5.69. The summed E-state index contributed by atoms with van der Waals surface area (Å²) in [6.07, 6.45) is 5.41. The molecular formula is C20H22N2O3. The molecule has 0 bridgehead atoms. The molecule has 3 rings (SSSR count). The quantitative estimate of drug-likeness (QED) is 0.626. The Balaban J connectivity index is 1.75. The van der Waals surface area contributed by atoms with Gasteiger partial charge in [0.25, 0.3) is 0 Å². The zero-order valence-electron chi connectivity index (χ0n) is 14.5. The smallest absolute Gasteiger partial charge is 0.119 e. The molecule has 0 fully saturated rings. The second-order valence-electron chi connectivity index (χ2n) is 5.68. The Bertz CT molecular complexity index is 770. The molecule has 0 amide bonds. The minimum absolute atomic E-state index is 0.0914. The molecule has 2 aromatic carbocycles. The van der Waals surface area contributed by atoms with Crippen molar-refractivity contribution in [3.05, 3.63) is 78.4 Å². The molecule has 1 unspecified atom stereocenters. The number of hydrogen-bond donors (Lipinski definition) is 0. The lowest BCUT2D eigenvalue weighted by molar-refractivity contribution is 0.0278. The second kappa shape index (κ2) is 8.35. The largest absolute Gasteiger partial charge is 0.497 e. The molecule has 1 atom stereocenters. The highest BCUT2D eigenvalue weighted by atomic mass is 16.5. The van der Waals surface area contributed by atoms with Gasteiger partial charge >= 0.3 is 0 Å². The number of imidazole rings is 1. The molecule has 0 N–H and O–H groups in total. The molecule has 1 heterocycles. The fourth-order valence-corrected chi connectivity index (χ4v) is 2.62. The van der Waals surface area contributed by atoms with Gasteiger partial charge in [0.05, 0.1) is 33.7 Å². The number of ether oxygens (including phenoxy) is 3. The summed E-state index contributed by atoms with van der Waals surface area (Å²) in [6.45, 7) is 1.19. The highest BCUT2D eigenvalue weighted by Crippen LogP contribution is 2.24. The summed E-state index contributed by atoms with van der Waals surface area (Å²) in [7, 11) is 3.33. The first-order chi connectivity index (χ1) is 12.3. The van der Waals surface area contributed by atoms with Crippen LogP contribution in [0.3, 0.4) is 0 Å². The van der Waals surface area contributed by atoms with Crippen molar-refractivity contribution in [1.82, 2.24) is 9.55 Å². The van der Waals surface area contributed by atoms with E-state index in [2.05, 4.69) is 4.98 Å². The van der Waals surface area contributed by atoms with Crippen LogP contribution in [0.2, 0.25) is 0 Å². The van der Waals surface area contributed by atoms with Crippen LogP contribution in [0.1, 0.15) is 17.2 Å². The first-order valence-corrected chi connectivity index (χ1v) is 8.12. The van der Waals surface area contributed by atoms with Gasteiger partial charge in [-0.05, 0) is 35.4 Å². The summed E-state index contributed by atoms with van der Waals surface area (Å²) in [4.78, 5) is 4.11. The van der Waals surface area contributed by atoms with Gasteiger partial charge in [0.15, 0.2) is 0 Å². The summed E-state index contributed by atoms with van der Waals surface area (Å²) in [6, 6.07) is 15.9. The Morgan fingerprint density at radius 2 is 1.80 bits per heavy atom. The van der Waals surface area contributed by atoms with E-state index in [1.165, 1.54) is 0 Å². The number of hydrogen-bond acceptors (Lipinski definition) is 4. The molecule has 0 spiro atoms. The zero-order valence-corrected chi connectivity index (χ0v) is 14.5. The molecule has 0 aliphatic carbocycles. The van der Waals surface area contributed by atoms with Crippen LogP contribution in [0.25, 0.3) is 0 Å². The highest BCUT2D eigenvalue weighted by molar-refractivity contribution is 5.29. The summed E-state index contributed by atoms with van der Waals surface area (Å²) in [5, 5.41) is 0. The highest BCUT2D eigenvalue weighted by Gasteiger charge is 2.14. The van der Waals surface area contributed by atoms with E-state index >= 15 is 0 Å². The molecule has 3 aromatic rings. The van der Waals surface area contributed by atoms with Gasteiger partial charge in [-0.2, -0.15) is 0 Å². The van der Waals surface area contributed by atoms with Crippen LogP contribution in [0.4, 0.5) is 0 Å². The average molecular weight is 338 g/mol. The van der Waals surface area contributed by atoms with Crippen LogP contribution >= 0.6 is 0 Å². The molecule has 5 nitrogen and oxygen atoms in total. The summed E-state index contributed by atoms with van der Waals surface area (Å²) in [5.74, 6) is 1.66. The maximum Gasteiger partial charge on any atom is 0.119 e. The maximum atomic E-state index is 6.22. The fourth-order valence-electron chi connectivity index (χ4n) is 2.62. The minimum Gasteiger partial charge on any atom is -0.497 e. The van der Waals surface area contributed by atoms with Gasteiger partial charge in [-0.3, -0.25) is 0 Å². The molecule has 0 radical (unpaired) electrons. The van der Waals surface area contributed by atoms with Crippen molar-refractivity contribution in [2.24, 2.45) is 0 Å². The van der Waals surface area contributed by atoms with E-state index in [-0.39, 0.29) is 6.10 Å². The summed E-state index contributed by atoms with van der Waals surface area (Å²) in [5.41, 5.74) is 2.17. The van der Waals surface area contributed by atoms with E-state index in [1.54, 1.807) is 26.7 Å². The Hall–Kier alpha value is -2.79. The molecule has 0 aliphatic rings. The number of nitrogens with zero attached hydrogens (tertiary/aromatic N) is 2. The molecule has 1 aromatic heterocycles. The van der Waals surface area contributed by atoms with Crippen LogP contribution in [0.5, 0.6) is 11.5 Å². The SMILES string of the molecule is COc1ccc(C(Cn2ccnc2)OCc2cccc(OC)c2)cc1. The molecular weight excluding hydrogens is 316 g/mol. The maximum absolute atomic E-state index is 6.22. The van der Waals surface area contributed by atoms with E-state index in [1.807, 2.05) is 59.3 Å². The van der Waals surface area contributed by atoms with Gasteiger partial charge in [-0.25, -0.2) is 4.98 Å². The third kappa shape index (κ3) is 4.61. The van der Waals surface area contributed by atoms with Crippen LogP contribution in [-0.4, -0.2) is 23.8 Å². The predicted molar refractivity (Wildman–Crippen MR) is 95.7 cm³/mol. The topological polar surface area (TPSA) is 45.5 Å². The van der Waals surface area contributed by atoms with Gasteiger partial charge in [0.2, 0.25) is 0 Å². The van der Waals surface area contributed by atoms with Crippen LogP contribution in [-0.2, 0) is 17.9 Å². The molecule has 0 aliphatic heterocycles. The van der Waals surface area contributed by atoms with Crippen molar-refractivity contribution in [3.63, 3.8) is 0 Å². The van der Waals surface area contributed by atoms with Crippen molar-refractivity contribution in [2.75, 3.05) is 14.2 Å². The van der Waals surface area contributed by atoms with Crippen molar-refractivity contribution in [2.45, 2.75) is 19.3 Å². The molecule has 5 heteroatoms. The summed E-state index contributed by atoms with van der Waals surface area (Å²) >= 11 is 0. The van der Waals surface area contributed by atoms with Gasteiger partial charge < -0.3 is 18.8 Å². The number of rotatable bonds is 8. The Morgan fingerprint density at radius 3 is 2.48 bits per heavy atom. The van der Waals surface area contributed by atoms with Crippen LogP contribution in [0, 0.1) is 0 Å². The number of aromatic nitrogens is 2. The van der Waals surface area contributed by atoms with E-state index in [4.69, 9.17) is 14.2 Å². The van der Waals surface area contributed by atoms with Gasteiger partial charge in [0.1, 0.15) is 17.6 Å². The molecule has 130 valence electrons. The average Bonchev–Trinajstić information content (AvgIpc) is 3.18. The lowest BCUT2D eigenvalue weighted by Crippen LogP contribution is -2.12. The normalized spacial score (nSPS) is 11.9. The monoisotopic (exact) mass is 338 g/mol. The van der Waals surface area contributed by atoms with E-state index < -0.39 is 0 Å². The van der Waals surface area contributed by atoms with Crippen LogP contribution < -0.4 is 9.47 Å². The predicted octanol–water partition coefficient (Wildman–Crippen LogP) is 3.86. The van der Waals surface area contributed by atoms with Crippen molar-refractivity contribution >= 4 is 0 Å². The standard InChI is InChI=1S/C20H22N2O3/c1-23-18-8-6-17(7-9-18)20(13-22-11-10-21-15-22)25-14-16-4-3-5-19(12-16)24-2/h3-12,15,20H,13-14H2,1-2H3.